The van der Waals surface area contributed by atoms with Gasteiger partial charge in [-0.2, -0.15) is 0 Å². The van der Waals surface area contributed by atoms with Crippen LogP contribution in [0.15, 0.2) is 18.2 Å². The number of anilines is 1. The molecule has 0 radical (unpaired) electrons. The standard InChI is InChI=1S/C13H18N2O3/c14-12-7-6-11(15(16)17)8-13(12)18-9-10-4-2-1-3-5-10/h6-8,10H,1-5,9,14H2. The Morgan fingerprint density at radius 1 is 1.33 bits per heavy atom. The predicted molar refractivity (Wildman–Crippen MR) is 69.6 cm³/mol. The fraction of sp³-hybridized carbons (Fsp3) is 0.538. The molecule has 0 amide bonds. The van der Waals surface area contributed by atoms with Gasteiger partial charge in [0.2, 0.25) is 0 Å². The van der Waals surface area contributed by atoms with Gasteiger partial charge in [-0.3, -0.25) is 10.1 Å². The van der Waals surface area contributed by atoms with Gasteiger partial charge in [0, 0.05) is 6.07 Å². The minimum absolute atomic E-state index is 0.0165. The van der Waals surface area contributed by atoms with Crippen LogP contribution >= 0.6 is 0 Å². The molecular formula is C13H18N2O3. The third kappa shape index (κ3) is 3.12. The van der Waals surface area contributed by atoms with Crippen LogP contribution in [0.2, 0.25) is 0 Å². The number of nitro benzene ring substituents is 1. The Labute approximate surface area is 106 Å². The number of nitro groups is 1. The maximum Gasteiger partial charge on any atom is 0.273 e. The molecule has 0 saturated heterocycles. The summed E-state index contributed by atoms with van der Waals surface area (Å²) in [5, 5.41) is 10.7. The van der Waals surface area contributed by atoms with Gasteiger partial charge >= 0.3 is 0 Å². The predicted octanol–water partition coefficient (Wildman–Crippen LogP) is 3.14. The summed E-state index contributed by atoms with van der Waals surface area (Å²) in [5.74, 6) is 0.979. The van der Waals surface area contributed by atoms with E-state index in [0.717, 1.165) is 0 Å². The summed E-state index contributed by atoms with van der Waals surface area (Å²) in [5.41, 5.74) is 6.23. The van der Waals surface area contributed by atoms with Crippen LogP contribution in [0.25, 0.3) is 0 Å². The molecule has 1 fully saturated rings. The molecule has 0 aromatic heterocycles. The summed E-state index contributed by atoms with van der Waals surface area (Å²) in [6.45, 7) is 0.603. The average molecular weight is 250 g/mol. The van der Waals surface area contributed by atoms with Crippen LogP contribution in [-0.2, 0) is 0 Å². The second kappa shape index (κ2) is 5.71. The molecule has 5 nitrogen and oxygen atoms in total. The van der Waals surface area contributed by atoms with Crippen molar-refractivity contribution in [1.82, 2.24) is 0 Å². The number of nitrogens with two attached hydrogens (primary N) is 1. The highest BCUT2D eigenvalue weighted by atomic mass is 16.6. The molecule has 1 aromatic rings. The third-order valence-corrected chi connectivity index (χ3v) is 3.41. The number of nitrogen functional groups attached to an aromatic ring is 1. The van der Waals surface area contributed by atoms with E-state index in [2.05, 4.69) is 0 Å². The average Bonchev–Trinajstić information content (AvgIpc) is 2.38. The lowest BCUT2D eigenvalue weighted by Gasteiger charge is -2.21. The number of rotatable bonds is 4. The second-order valence-corrected chi connectivity index (χ2v) is 4.79. The Morgan fingerprint density at radius 2 is 2.06 bits per heavy atom. The zero-order valence-corrected chi connectivity index (χ0v) is 10.3. The highest BCUT2D eigenvalue weighted by Crippen LogP contribution is 2.29. The van der Waals surface area contributed by atoms with Crippen molar-refractivity contribution in [3.8, 4) is 5.75 Å². The minimum Gasteiger partial charge on any atom is -0.491 e. The quantitative estimate of drug-likeness (QED) is 0.506. The van der Waals surface area contributed by atoms with Crippen molar-refractivity contribution >= 4 is 11.4 Å². The molecule has 1 aliphatic carbocycles. The van der Waals surface area contributed by atoms with Crippen molar-refractivity contribution in [2.75, 3.05) is 12.3 Å². The number of hydrogen-bond acceptors (Lipinski definition) is 4. The van der Waals surface area contributed by atoms with Crippen LogP contribution in [0, 0.1) is 16.0 Å². The first-order valence-corrected chi connectivity index (χ1v) is 6.33. The molecule has 0 bridgehead atoms. The van der Waals surface area contributed by atoms with E-state index < -0.39 is 4.92 Å². The molecule has 1 saturated carbocycles. The molecule has 1 aliphatic rings. The van der Waals surface area contributed by atoms with Gasteiger partial charge in [0.25, 0.3) is 5.69 Å². The Balaban J connectivity index is 1.99. The van der Waals surface area contributed by atoms with E-state index in [9.17, 15) is 10.1 Å². The first-order valence-electron chi connectivity index (χ1n) is 6.33. The maximum atomic E-state index is 10.7. The van der Waals surface area contributed by atoms with E-state index in [4.69, 9.17) is 10.5 Å². The van der Waals surface area contributed by atoms with Gasteiger partial charge in [-0.05, 0) is 24.8 Å². The first-order chi connectivity index (χ1) is 8.66. The lowest BCUT2D eigenvalue weighted by Crippen LogP contribution is -2.15. The molecule has 2 rings (SSSR count). The summed E-state index contributed by atoms with van der Waals surface area (Å²) in [6, 6.07) is 4.31. The molecular weight excluding hydrogens is 232 g/mol. The van der Waals surface area contributed by atoms with Crippen LogP contribution in [0.1, 0.15) is 32.1 Å². The summed E-state index contributed by atoms with van der Waals surface area (Å²) in [7, 11) is 0. The summed E-state index contributed by atoms with van der Waals surface area (Å²) < 4.78 is 5.64. The van der Waals surface area contributed by atoms with Crippen LogP contribution in [0.5, 0.6) is 5.75 Å². The Morgan fingerprint density at radius 3 is 2.72 bits per heavy atom. The van der Waals surface area contributed by atoms with E-state index in [-0.39, 0.29) is 5.69 Å². The highest BCUT2D eigenvalue weighted by molar-refractivity contribution is 5.57. The van der Waals surface area contributed by atoms with Crippen LogP contribution in [0.3, 0.4) is 0 Å². The van der Waals surface area contributed by atoms with Crippen molar-refractivity contribution in [3.05, 3.63) is 28.3 Å². The molecule has 0 aliphatic heterocycles. The zero-order chi connectivity index (χ0) is 13.0. The smallest absolute Gasteiger partial charge is 0.273 e. The van der Waals surface area contributed by atoms with Gasteiger partial charge in [-0.1, -0.05) is 19.3 Å². The maximum absolute atomic E-state index is 10.7. The number of nitrogens with zero attached hydrogens (tertiary/aromatic N) is 1. The SMILES string of the molecule is Nc1ccc([N+](=O)[O-])cc1OCC1CCCCC1. The summed E-state index contributed by atoms with van der Waals surface area (Å²) in [6.07, 6.45) is 6.15. The van der Waals surface area contributed by atoms with Gasteiger partial charge in [-0.25, -0.2) is 0 Å². The van der Waals surface area contributed by atoms with Crippen molar-refractivity contribution < 1.29 is 9.66 Å². The molecule has 0 spiro atoms. The first kappa shape index (κ1) is 12.7. The van der Waals surface area contributed by atoms with Gasteiger partial charge < -0.3 is 10.5 Å². The highest BCUT2D eigenvalue weighted by Gasteiger charge is 2.16. The van der Waals surface area contributed by atoms with Gasteiger partial charge in [0.05, 0.1) is 23.3 Å². The van der Waals surface area contributed by atoms with Crippen molar-refractivity contribution in [3.63, 3.8) is 0 Å². The molecule has 1 aromatic carbocycles. The largest absolute Gasteiger partial charge is 0.491 e. The normalized spacial score (nSPS) is 16.4. The van der Waals surface area contributed by atoms with Crippen molar-refractivity contribution in [2.45, 2.75) is 32.1 Å². The number of non-ortho nitro benzene ring substituents is 1. The van der Waals surface area contributed by atoms with E-state index >= 15 is 0 Å². The molecule has 98 valence electrons. The number of benzene rings is 1. The molecule has 0 unspecified atom stereocenters. The fourth-order valence-corrected chi connectivity index (χ4v) is 2.32. The number of hydrogen-bond donors (Lipinski definition) is 1. The third-order valence-electron chi connectivity index (χ3n) is 3.41. The van der Waals surface area contributed by atoms with E-state index in [0.29, 0.717) is 24.0 Å². The van der Waals surface area contributed by atoms with Crippen molar-refractivity contribution in [1.29, 1.82) is 0 Å². The lowest BCUT2D eigenvalue weighted by molar-refractivity contribution is -0.384. The van der Waals surface area contributed by atoms with Gasteiger partial charge in [-0.15, -0.1) is 0 Å². The lowest BCUT2D eigenvalue weighted by atomic mass is 9.90. The van der Waals surface area contributed by atoms with Crippen LogP contribution in [-0.4, -0.2) is 11.5 Å². The molecule has 0 atom stereocenters. The topological polar surface area (TPSA) is 78.4 Å². The van der Waals surface area contributed by atoms with Crippen LogP contribution in [0.4, 0.5) is 11.4 Å². The van der Waals surface area contributed by atoms with E-state index in [1.807, 2.05) is 0 Å². The minimum atomic E-state index is -0.438. The Kier molecular flexibility index (Phi) is 4.02. The molecule has 2 N–H and O–H groups in total. The van der Waals surface area contributed by atoms with Gasteiger partial charge in [0.15, 0.2) is 0 Å². The fourth-order valence-electron chi connectivity index (χ4n) is 2.32. The van der Waals surface area contributed by atoms with E-state index in [1.165, 1.54) is 50.3 Å². The van der Waals surface area contributed by atoms with Crippen LogP contribution < -0.4 is 10.5 Å². The van der Waals surface area contributed by atoms with Gasteiger partial charge in [0.1, 0.15) is 5.75 Å². The Hall–Kier alpha value is -1.78. The summed E-state index contributed by atoms with van der Waals surface area (Å²) in [4.78, 5) is 10.2. The van der Waals surface area contributed by atoms with E-state index in [1.54, 1.807) is 0 Å². The number of ether oxygens (including phenoxy) is 1. The Bertz CT molecular complexity index is 428. The summed E-state index contributed by atoms with van der Waals surface area (Å²) >= 11 is 0. The molecule has 5 heteroatoms. The second-order valence-electron chi connectivity index (χ2n) is 4.79. The monoisotopic (exact) mass is 250 g/mol. The molecule has 0 heterocycles. The molecule has 18 heavy (non-hydrogen) atoms. The van der Waals surface area contributed by atoms with Crippen molar-refractivity contribution in [2.24, 2.45) is 5.92 Å². The zero-order valence-electron chi connectivity index (χ0n) is 10.3.